The second-order valence-electron chi connectivity index (χ2n) is 6.29. The molecule has 21 heavy (non-hydrogen) atoms. The average molecular weight is 293 g/mol. The van der Waals surface area contributed by atoms with E-state index in [1.165, 1.54) is 5.56 Å². The SMILES string of the molecule is Cc1ccc(NC(CN)C(C)NC(=O)OC(C)(C)C)cc1. The number of ether oxygens (including phenoxy) is 1. The third-order valence-corrected chi connectivity index (χ3v) is 3.01. The Balaban J connectivity index is 2.58. The predicted molar refractivity (Wildman–Crippen MR) is 86.5 cm³/mol. The maximum Gasteiger partial charge on any atom is 0.407 e. The number of amides is 1. The molecule has 0 bridgehead atoms. The number of nitrogens with one attached hydrogen (secondary N) is 2. The second kappa shape index (κ2) is 7.31. The van der Waals surface area contributed by atoms with Gasteiger partial charge in [-0.2, -0.15) is 0 Å². The van der Waals surface area contributed by atoms with Crippen LogP contribution in [-0.2, 0) is 4.74 Å². The Morgan fingerprint density at radius 3 is 2.33 bits per heavy atom. The smallest absolute Gasteiger partial charge is 0.407 e. The third-order valence-electron chi connectivity index (χ3n) is 3.01. The molecule has 2 unspecified atom stereocenters. The van der Waals surface area contributed by atoms with Crippen LogP contribution in [0.5, 0.6) is 0 Å². The minimum Gasteiger partial charge on any atom is -0.444 e. The summed E-state index contributed by atoms with van der Waals surface area (Å²) in [6.07, 6.45) is -0.431. The minimum absolute atomic E-state index is 0.0692. The zero-order valence-corrected chi connectivity index (χ0v) is 13.6. The number of nitrogens with two attached hydrogens (primary N) is 1. The van der Waals surface area contributed by atoms with Gasteiger partial charge in [-0.05, 0) is 46.8 Å². The van der Waals surface area contributed by atoms with E-state index in [9.17, 15) is 4.79 Å². The molecule has 0 heterocycles. The van der Waals surface area contributed by atoms with Crippen molar-refractivity contribution in [3.8, 4) is 0 Å². The lowest BCUT2D eigenvalue weighted by Crippen LogP contribution is -2.49. The van der Waals surface area contributed by atoms with Gasteiger partial charge in [-0.15, -0.1) is 0 Å². The first-order chi connectivity index (χ1) is 9.71. The predicted octanol–water partition coefficient (Wildman–Crippen LogP) is 2.65. The molecule has 0 saturated heterocycles. The van der Waals surface area contributed by atoms with Gasteiger partial charge in [0.15, 0.2) is 0 Å². The highest BCUT2D eigenvalue weighted by Crippen LogP contribution is 2.12. The fraction of sp³-hybridized carbons (Fsp3) is 0.562. The van der Waals surface area contributed by atoms with Crippen molar-refractivity contribution in [2.24, 2.45) is 5.73 Å². The van der Waals surface area contributed by atoms with Crippen LogP contribution in [0, 0.1) is 6.92 Å². The van der Waals surface area contributed by atoms with Gasteiger partial charge in [0.05, 0.1) is 12.1 Å². The molecule has 0 aliphatic rings. The summed E-state index contributed by atoms with van der Waals surface area (Å²) < 4.78 is 5.25. The van der Waals surface area contributed by atoms with Crippen molar-refractivity contribution in [1.82, 2.24) is 5.32 Å². The number of anilines is 1. The highest BCUT2D eigenvalue weighted by atomic mass is 16.6. The highest BCUT2D eigenvalue weighted by molar-refractivity contribution is 5.68. The Morgan fingerprint density at radius 1 is 1.29 bits per heavy atom. The summed E-state index contributed by atoms with van der Waals surface area (Å²) in [5.41, 5.74) is 7.47. The molecule has 118 valence electrons. The first-order valence-electron chi connectivity index (χ1n) is 7.24. The fourth-order valence-corrected chi connectivity index (χ4v) is 1.85. The molecule has 0 aliphatic heterocycles. The van der Waals surface area contributed by atoms with Gasteiger partial charge in [0.1, 0.15) is 5.60 Å². The molecule has 2 atom stereocenters. The molecule has 1 aromatic carbocycles. The Labute approximate surface area is 127 Å². The molecule has 0 aromatic heterocycles. The lowest BCUT2D eigenvalue weighted by atomic mass is 10.1. The van der Waals surface area contributed by atoms with Crippen molar-refractivity contribution >= 4 is 11.8 Å². The number of aryl methyl sites for hydroxylation is 1. The normalized spacial score (nSPS) is 14.2. The van der Waals surface area contributed by atoms with E-state index in [1.807, 2.05) is 58.9 Å². The summed E-state index contributed by atoms with van der Waals surface area (Å²) in [4.78, 5) is 11.8. The van der Waals surface area contributed by atoms with Crippen LogP contribution in [0.4, 0.5) is 10.5 Å². The number of rotatable bonds is 5. The second-order valence-corrected chi connectivity index (χ2v) is 6.29. The van der Waals surface area contributed by atoms with Gasteiger partial charge in [-0.3, -0.25) is 0 Å². The number of hydrogen-bond acceptors (Lipinski definition) is 4. The number of hydrogen-bond donors (Lipinski definition) is 3. The van der Waals surface area contributed by atoms with Gasteiger partial charge in [-0.1, -0.05) is 17.7 Å². The Kier molecular flexibility index (Phi) is 6.03. The summed E-state index contributed by atoms with van der Waals surface area (Å²) in [6.45, 7) is 9.86. The van der Waals surface area contributed by atoms with Crippen molar-refractivity contribution in [2.45, 2.75) is 52.3 Å². The summed E-state index contributed by atoms with van der Waals surface area (Å²) in [5, 5.41) is 6.14. The van der Waals surface area contributed by atoms with E-state index >= 15 is 0 Å². The third kappa shape index (κ3) is 6.49. The molecule has 5 heteroatoms. The molecule has 1 aromatic rings. The molecule has 0 saturated carbocycles. The molecule has 0 spiro atoms. The van der Waals surface area contributed by atoms with Gasteiger partial charge in [-0.25, -0.2) is 4.79 Å². The summed E-state index contributed by atoms with van der Waals surface area (Å²) in [5.74, 6) is 0. The fourth-order valence-electron chi connectivity index (χ4n) is 1.85. The molecule has 0 radical (unpaired) electrons. The standard InChI is InChI=1S/C16H27N3O2/c1-11-6-8-13(9-7-11)19-14(10-17)12(2)18-15(20)21-16(3,4)5/h6-9,12,14,19H,10,17H2,1-5H3,(H,18,20). The van der Waals surface area contributed by atoms with Crippen molar-refractivity contribution in [3.63, 3.8) is 0 Å². The quantitative estimate of drug-likeness (QED) is 0.780. The molecular weight excluding hydrogens is 266 g/mol. The van der Waals surface area contributed by atoms with E-state index in [4.69, 9.17) is 10.5 Å². The number of carbonyl (C=O) groups is 1. The van der Waals surface area contributed by atoms with Gasteiger partial charge in [0, 0.05) is 12.2 Å². The maximum atomic E-state index is 11.8. The van der Waals surface area contributed by atoms with E-state index in [-0.39, 0.29) is 12.1 Å². The number of benzene rings is 1. The van der Waals surface area contributed by atoms with Crippen LogP contribution < -0.4 is 16.4 Å². The van der Waals surface area contributed by atoms with E-state index in [0.29, 0.717) is 6.54 Å². The number of alkyl carbamates (subject to hydrolysis) is 1. The molecule has 0 aliphatic carbocycles. The first-order valence-corrected chi connectivity index (χ1v) is 7.24. The summed E-state index contributed by atoms with van der Waals surface area (Å²) in [6, 6.07) is 7.84. The minimum atomic E-state index is -0.508. The first kappa shape index (κ1) is 17.3. The average Bonchev–Trinajstić information content (AvgIpc) is 2.35. The molecular formula is C16H27N3O2. The molecule has 4 N–H and O–H groups in total. The van der Waals surface area contributed by atoms with Crippen molar-refractivity contribution in [3.05, 3.63) is 29.8 Å². The van der Waals surface area contributed by atoms with Crippen LogP contribution in [0.25, 0.3) is 0 Å². The van der Waals surface area contributed by atoms with Crippen molar-refractivity contribution in [2.75, 3.05) is 11.9 Å². The summed E-state index contributed by atoms with van der Waals surface area (Å²) >= 11 is 0. The van der Waals surface area contributed by atoms with E-state index < -0.39 is 11.7 Å². The van der Waals surface area contributed by atoms with Crippen LogP contribution in [0.3, 0.4) is 0 Å². The number of carbonyl (C=O) groups excluding carboxylic acids is 1. The van der Waals surface area contributed by atoms with Crippen LogP contribution in [-0.4, -0.2) is 30.3 Å². The monoisotopic (exact) mass is 293 g/mol. The van der Waals surface area contributed by atoms with E-state index in [1.54, 1.807) is 0 Å². The molecule has 0 fully saturated rings. The lowest BCUT2D eigenvalue weighted by Gasteiger charge is -2.27. The zero-order valence-electron chi connectivity index (χ0n) is 13.6. The zero-order chi connectivity index (χ0) is 16.0. The Morgan fingerprint density at radius 2 is 1.86 bits per heavy atom. The molecule has 1 rings (SSSR count). The van der Waals surface area contributed by atoms with E-state index in [2.05, 4.69) is 10.6 Å². The van der Waals surface area contributed by atoms with Crippen molar-refractivity contribution in [1.29, 1.82) is 0 Å². The van der Waals surface area contributed by atoms with Gasteiger partial charge in [0.2, 0.25) is 0 Å². The largest absolute Gasteiger partial charge is 0.444 e. The lowest BCUT2D eigenvalue weighted by molar-refractivity contribution is 0.0504. The van der Waals surface area contributed by atoms with Gasteiger partial charge >= 0.3 is 6.09 Å². The van der Waals surface area contributed by atoms with Crippen LogP contribution in [0.15, 0.2) is 24.3 Å². The van der Waals surface area contributed by atoms with Gasteiger partial charge in [0.25, 0.3) is 0 Å². The van der Waals surface area contributed by atoms with Crippen molar-refractivity contribution < 1.29 is 9.53 Å². The highest BCUT2D eigenvalue weighted by Gasteiger charge is 2.21. The maximum absolute atomic E-state index is 11.8. The van der Waals surface area contributed by atoms with E-state index in [0.717, 1.165) is 5.69 Å². The topological polar surface area (TPSA) is 76.4 Å². The molecule has 1 amide bonds. The van der Waals surface area contributed by atoms with Gasteiger partial charge < -0.3 is 21.1 Å². The summed E-state index contributed by atoms with van der Waals surface area (Å²) in [7, 11) is 0. The molecule has 5 nitrogen and oxygen atoms in total. The van der Waals surface area contributed by atoms with Crippen LogP contribution >= 0.6 is 0 Å². The Hall–Kier alpha value is -1.75. The van der Waals surface area contributed by atoms with Crippen LogP contribution in [0.2, 0.25) is 0 Å². The Bertz CT molecular complexity index is 452. The van der Waals surface area contributed by atoms with Crippen LogP contribution in [0.1, 0.15) is 33.3 Å².